The van der Waals surface area contributed by atoms with Crippen molar-refractivity contribution in [2.75, 3.05) is 6.54 Å². The van der Waals surface area contributed by atoms with Gasteiger partial charge >= 0.3 is 11.9 Å². The first-order valence-corrected chi connectivity index (χ1v) is 8.94. The number of aliphatic hydroxyl groups excluding tert-OH is 1. The van der Waals surface area contributed by atoms with Crippen LogP contribution in [-0.2, 0) is 9.59 Å². The number of carboxylic acids is 1. The van der Waals surface area contributed by atoms with Gasteiger partial charge in [0, 0.05) is 25.8 Å². The van der Waals surface area contributed by atoms with E-state index in [4.69, 9.17) is 5.11 Å². The van der Waals surface area contributed by atoms with Crippen molar-refractivity contribution in [1.29, 1.82) is 0 Å². The first-order chi connectivity index (χ1) is 12.3. The van der Waals surface area contributed by atoms with E-state index >= 15 is 0 Å². The molecule has 0 aromatic rings. The lowest BCUT2D eigenvalue weighted by Gasteiger charge is -2.22. The highest BCUT2D eigenvalue weighted by atomic mass is 19.3. The zero-order chi connectivity index (χ0) is 19.6. The van der Waals surface area contributed by atoms with Gasteiger partial charge in [0.25, 0.3) is 5.91 Å². The maximum absolute atomic E-state index is 13.8. The fourth-order valence-corrected chi connectivity index (χ4v) is 2.87. The van der Waals surface area contributed by atoms with Crippen LogP contribution in [0.25, 0.3) is 0 Å². The Bertz CT molecular complexity index is 566. The monoisotopic (exact) mass is 371 g/mol. The number of nitrogens with zero attached hydrogens (tertiary/aromatic N) is 1. The summed E-state index contributed by atoms with van der Waals surface area (Å²) in [4.78, 5) is 23.5. The predicted octanol–water partition coefficient (Wildman–Crippen LogP) is 2.98. The summed E-state index contributed by atoms with van der Waals surface area (Å²) in [6, 6.07) is -0.733. The van der Waals surface area contributed by atoms with Gasteiger partial charge < -0.3 is 15.1 Å². The summed E-state index contributed by atoms with van der Waals surface area (Å²) in [6.45, 7) is 1.90. The van der Waals surface area contributed by atoms with E-state index in [1.165, 1.54) is 12.2 Å². The molecule has 0 saturated carbocycles. The van der Waals surface area contributed by atoms with E-state index in [1.54, 1.807) is 6.92 Å². The number of likely N-dealkylation sites (tertiary alicyclic amines) is 1. The highest BCUT2D eigenvalue weighted by Crippen LogP contribution is 2.34. The van der Waals surface area contributed by atoms with Gasteiger partial charge in [-0.05, 0) is 26.2 Å². The maximum atomic E-state index is 13.8. The fourth-order valence-electron chi connectivity index (χ4n) is 2.87. The number of carboxylic acid groups (broad SMARTS) is 1. The molecule has 2 unspecified atom stereocenters. The second-order valence-corrected chi connectivity index (χ2v) is 6.45. The quantitative estimate of drug-likeness (QED) is 0.333. The van der Waals surface area contributed by atoms with Crippen molar-refractivity contribution in [2.45, 2.75) is 76.4 Å². The number of halogens is 2. The predicted molar refractivity (Wildman–Crippen MR) is 93.6 cm³/mol. The Balaban J connectivity index is 2.51. The van der Waals surface area contributed by atoms with Crippen molar-refractivity contribution in [2.24, 2.45) is 0 Å². The second kappa shape index (κ2) is 10.9. The molecule has 0 spiro atoms. The van der Waals surface area contributed by atoms with Crippen LogP contribution in [0.1, 0.15) is 58.3 Å². The molecule has 146 valence electrons. The molecular formula is C19H27F2NO4. The molecule has 2 N–H and O–H groups in total. The molecule has 0 radical (unpaired) electrons. The van der Waals surface area contributed by atoms with Gasteiger partial charge in [0.15, 0.2) is 0 Å². The van der Waals surface area contributed by atoms with E-state index in [0.29, 0.717) is 38.5 Å². The Labute approximate surface area is 153 Å². The Morgan fingerprint density at radius 1 is 1.38 bits per heavy atom. The Kier molecular flexibility index (Phi) is 9.28. The van der Waals surface area contributed by atoms with Crippen molar-refractivity contribution >= 4 is 11.9 Å². The summed E-state index contributed by atoms with van der Waals surface area (Å²) < 4.78 is 27.5. The van der Waals surface area contributed by atoms with Gasteiger partial charge in [-0.2, -0.15) is 8.78 Å². The van der Waals surface area contributed by atoms with E-state index < -0.39 is 36.4 Å². The lowest BCUT2D eigenvalue weighted by Crippen LogP contribution is -2.36. The molecular weight excluding hydrogens is 344 g/mol. The van der Waals surface area contributed by atoms with Crippen molar-refractivity contribution in [3.8, 4) is 11.8 Å². The molecule has 7 heteroatoms. The number of carbonyl (C=O) groups is 2. The molecule has 5 nitrogen and oxygen atoms in total. The Hall–Kier alpha value is -1.94. The SMILES string of the molecule is CC#CCCC(O)/C=C/C1CC(F)(F)C(=O)N1CCCCCCC(=O)O. The van der Waals surface area contributed by atoms with Crippen LogP contribution >= 0.6 is 0 Å². The smallest absolute Gasteiger partial charge is 0.327 e. The molecule has 1 aliphatic rings. The highest BCUT2D eigenvalue weighted by molar-refractivity contribution is 5.86. The molecule has 1 saturated heterocycles. The Morgan fingerprint density at radius 3 is 2.73 bits per heavy atom. The summed E-state index contributed by atoms with van der Waals surface area (Å²) >= 11 is 0. The molecule has 1 heterocycles. The van der Waals surface area contributed by atoms with Crippen molar-refractivity contribution in [3.63, 3.8) is 0 Å². The van der Waals surface area contributed by atoms with Crippen LogP contribution in [0.3, 0.4) is 0 Å². The highest BCUT2D eigenvalue weighted by Gasteiger charge is 2.52. The largest absolute Gasteiger partial charge is 0.481 e. The van der Waals surface area contributed by atoms with Crippen LogP contribution in [0.4, 0.5) is 8.78 Å². The lowest BCUT2D eigenvalue weighted by molar-refractivity contribution is -0.148. The van der Waals surface area contributed by atoms with Gasteiger partial charge in [-0.15, -0.1) is 11.8 Å². The van der Waals surface area contributed by atoms with E-state index in [2.05, 4.69) is 11.8 Å². The third kappa shape index (κ3) is 7.52. The minimum Gasteiger partial charge on any atom is -0.481 e. The van der Waals surface area contributed by atoms with Crippen LogP contribution < -0.4 is 0 Å². The summed E-state index contributed by atoms with van der Waals surface area (Å²) in [5.74, 6) is 0.132. The molecule has 2 atom stereocenters. The van der Waals surface area contributed by atoms with Gasteiger partial charge in [0.1, 0.15) is 0 Å². The molecule has 1 aliphatic heterocycles. The molecule has 0 bridgehead atoms. The van der Waals surface area contributed by atoms with Crippen LogP contribution in [0.2, 0.25) is 0 Å². The normalized spacial score (nSPS) is 20.2. The van der Waals surface area contributed by atoms with Gasteiger partial charge in [0.05, 0.1) is 12.1 Å². The standard InChI is InChI=1S/C19H27F2NO4/c1-2-3-6-9-16(23)12-11-15-14-19(20,21)18(26)22(15)13-8-5-4-7-10-17(24)25/h11-12,15-16,23H,4-10,13-14H2,1H3,(H,24,25)/b12-11+. The van der Waals surface area contributed by atoms with E-state index in [-0.39, 0.29) is 13.0 Å². The average Bonchev–Trinajstić information content (AvgIpc) is 2.78. The van der Waals surface area contributed by atoms with E-state index in [0.717, 1.165) is 4.90 Å². The molecule has 0 aliphatic carbocycles. The zero-order valence-corrected chi connectivity index (χ0v) is 15.1. The first kappa shape index (κ1) is 22.1. The van der Waals surface area contributed by atoms with Gasteiger partial charge in [-0.25, -0.2) is 0 Å². The minimum atomic E-state index is -3.38. The summed E-state index contributed by atoms with van der Waals surface area (Å²) in [5, 5.41) is 18.4. The number of aliphatic carboxylic acids is 1. The maximum Gasteiger partial charge on any atom is 0.327 e. The third-order valence-corrected chi connectivity index (χ3v) is 4.28. The number of carbonyl (C=O) groups excluding carboxylic acids is 1. The number of aliphatic hydroxyl groups is 1. The van der Waals surface area contributed by atoms with Gasteiger partial charge in [0.2, 0.25) is 0 Å². The topological polar surface area (TPSA) is 77.8 Å². The number of amides is 1. The lowest BCUT2D eigenvalue weighted by atomic mass is 10.1. The molecule has 1 fully saturated rings. The second-order valence-electron chi connectivity index (χ2n) is 6.45. The third-order valence-electron chi connectivity index (χ3n) is 4.28. The summed E-state index contributed by atoms with van der Waals surface area (Å²) in [5.41, 5.74) is 0. The molecule has 26 heavy (non-hydrogen) atoms. The van der Waals surface area contributed by atoms with Gasteiger partial charge in [-0.1, -0.05) is 25.0 Å². The summed E-state index contributed by atoms with van der Waals surface area (Å²) in [6.07, 6.45) is 5.03. The van der Waals surface area contributed by atoms with Crippen LogP contribution in [-0.4, -0.2) is 51.6 Å². The van der Waals surface area contributed by atoms with Crippen molar-refractivity contribution in [3.05, 3.63) is 12.2 Å². The number of hydrogen-bond donors (Lipinski definition) is 2. The number of unbranched alkanes of at least 4 members (excludes halogenated alkanes) is 3. The van der Waals surface area contributed by atoms with Crippen molar-refractivity contribution < 1.29 is 28.6 Å². The number of hydrogen-bond acceptors (Lipinski definition) is 3. The van der Waals surface area contributed by atoms with Crippen LogP contribution in [0.15, 0.2) is 12.2 Å². The van der Waals surface area contributed by atoms with Crippen molar-refractivity contribution in [1.82, 2.24) is 4.90 Å². The van der Waals surface area contributed by atoms with E-state index in [1.807, 2.05) is 0 Å². The molecule has 0 aromatic heterocycles. The van der Waals surface area contributed by atoms with Gasteiger partial charge in [-0.3, -0.25) is 9.59 Å². The summed E-state index contributed by atoms with van der Waals surface area (Å²) in [7, 11) is 0. The number of rotatable bonds is 11. The Morgan fingerprint density at radius 2 is 2.08 bits per heavy atom. The number of alkyl halides is 2. The molecule has 1 amide bonds. The molecule has 1 rings (SSSR count). The van der Waals surface area contributed by atoms with E-state index in [9.17, 15) is 23.5 Å². The van der Waals surface area contributed by atoms with Crippen LogP contribution in [0, 0.1) is 11.8 Å². The average molecular weight is 371 g/mol. The zero-order valence-electron chi connectivity index (χ0n) is 15.1. The fraction of sp³-hybridized carbons (Fsp3) is 0.684. The molecule has 0 aromatic carbocycles. The first-order valence-electron chi connectivity index (χ1n) is 8.94. The van der Waals surface area contributed by atoms with Crippen LogP contribution in [0.5, 0.6) is 0 Å². The minimum absolute atomic E-state index is 0.0897.